The van der Waals surface area contributed by atoms with Gasteiger partial charge in [-0.1, -0.05) is 0 Å². The lowest BCUT2D eigenvalue weighted by molar-refractivity contribution is 0.452. The summed E-state index contributed by atoms with van der Waals surface area (Å²) in [6.45, 7) is 0. The summed E-state index contributed by atoms with van der Waals surface area (Å²) in [5, 5.41) is -0.317. The molecular weight excluding hydrogens is 259 g/mol. The summed E-state index contributed by atoms with van der Waals surface area (Å²) >= 11 is 0. The van der Waals surface area contributed by atoms with Crippen LogP contribution in [0.25, 0.3) is 0 Å². The first-order valence-electron chi connectivity index (χ1n) is 4.92. The average molecular weight is 268 g/mol. The molecular formula is C11H9FN2O3S. The second-order valence-electron chi connectivity index (χ2n) is 3.51. The van der Waals surface area contributed by atoms with Gasteiger partial charge in [-0.15, -0.1) is 0 Å². The van der Waals surface area contributed by atoms with E-state index in [0.717, 1.165) is 6.26 Å². The second kappa shape index (κ2) is 4.69. The largest absolute Gasteiger partial charge is 0.439 e. The van der Waals surface area contributed by atoms with E-state index < -0.39 is 9.84 Å². The van der Waals surface area contributed by atoms with Gasteiger partial charge in [-0.3, -0.25) is 0 Å². The molecule has 0 aliphatic rings. The lowest BCUT2D eigenvalue weighted by atomic mass is 10.3. The maximum absolute atomic E-state index is 12.7. The van der Waals surface area contributed by atoms with E-state index in [4.69, 9.17) is 4.74 Å². The number of hydrogen-bond acceptors (Lipinski definition) is 5. The molecule has 0 amide bonds. The topological polar surface area (TPSA) is 69.2 Å². The minimum absolute atomic E-state index is 0.0806. The van der Waals surface area contributed by atoms with Gasteiger partial charge in [-0.05, 0) is 24.3 Å². The van der Waals surface area contributed by atoms with Crippen molar-refractivity contribution in [3.8, 4) is 11.6 Å². The Labute approximate surface area is 103 Å². The van der Waals surface area contributed by atoms with Gasteiger partial charge in [0.05, 0.1) is 0 Å². The van der Waals surface area contributed by atoms with Crippen molar-refractivity contribution < 1.29 is 17.5 Å². The van der Waals surface area contributed by atoms with Gasteiger partial charge in [0.15, 0.2) is 0 Å². The highest BCUT2D eigenvalue weighted by molar-refractivity contribution is 7.90. The fraction of sp³-hybridized carbons (Fsp3) is 0.0909. The van der Waals surface area contributed by atoms with Gasteiger partial charge in [0.2, 0.25) is 20.9 Å². The highest BCUT2D eigenvalue weighted by Gasteiger charge is 2.12. The zero-order chi connectivity index (χ0) is 13.2. The van der Waals surface area contributed by atoms with Crippen molar-refractivity contribution in [3.05, 3.63) is 42.3 Å². The maximum Gasteiger partial charge on any atom is 0.250 e. The van der Waals surface area contributed by atoms with Gasteiger partial charge >= 0.3 is 0 Å². The van der Waals surface area contributed by atoms with Crippen molar-refractivity contribution in [1.29, 1.82) is 0 Å². The van der Waals surface area contributed by atoms with Gasteiger partial charge in [-0.25, -0.2) is 17.8 Å². The molecule has 0 bridgehead atoms. The fourth-order valence-corrected chi connectivity index (χ4v) is 1.69. The molecule has 94 valence electrons. The third kappa shape index (κ3) is 3.01. The molecule has 0 aliphatic heterocycles. The van der Waals surface area contributed by atoms with E-state index >= 15 is 0 Å². The molecule has 1 aromatic carbocycles. The first-order chi connectivity index (χ1) is 8.45. The molecule has 7 heteroatoms. The summed E-state index contributed by atoms with van der Waals surface area (Å²) in [5.41, 5.74) is 0. The molecule has 0 saturated heterocycles. The van der Waals surface area contributed by atoms with Crippen LogP contribution >= 0.6 is 0 Å². The summed E-state index contributed by atoms with van der Waals surface area (Å²) in [5.74, 6) is 0.0495. The summed E-state index contributed by atoms with van der Waals surface area (Å²) in [6, 6.07) is 6.70. The quantitative estimate of drug-likeness (QED) is 0.794. The zero-order valence-electron chi connectivity index (χ0n) is 9.37. The normalized spacial score (nSPS) is 11.2. The van der Waals surface area contributed by atoms with Crippen molar-refractivity contribution >= 4 is 9.84 Å². The van der Waals surface area contributed by atoms with Crippen LogP contribution in [0.1, 0.15) is 0 Å². The Balaban J connectivity index is 2.27. The van der Waals surface area contributed by atoms with E-state index in [9.17, 15) is 12.8 Å². The number of sulfone groups is 1. The van der Waals surface area contributed by atoms with Crippen molar-refractivity contribution in [2.24, 2.45) is 0 Å². The molecule has 0 fully saturated rings. The van der Waals surface area contributed by atoms with E-state index in [2.05, 4.69) is 9.97 Å². The molecule has 0 spiro atoms. The van der Waals surface area contributed by atoms with Crippen molar-refractivity contribution in [1.82, 2.24) is 9.97 Å². The van der Waals surface area contributed by atoms with Gasteiger partial charge in [0.1, 0.15) is 11.6 Å². The van der Waals surface area contributed by atoms with Crippen LogP contribution in [0.4, 0.5) is 4.39 Å². The molecule has 2 aromatic rings. The highest BCUT2D eigenvalue weighted by Crippen LogP contribution is 2.19. The number of ether oxygens (including phenoxy) is 1. The maximum atomic E-state index is 12.7. The van der Waals surface area contributed by atoms with Crippen molar-refractivity contribution in [2.75, 3.05) is 6.26 Å². The van der Waals surface area contributed by atoms with Crippen LogP contribution in [-0.2, 0) is 9.84 Å². The molecule has 0 saturated carbocycles. The minimum Gasteiger partial charge on any atom is -0.439 e. The fourth-order valence-electron chi connectivity index (χ4n) is 1.18. The summed E-state index contributed by atoms with van der Waals surface area (Å²) in [7, 11) is -3.49. The first-order valence-corrected chi connectivity index (χ1v) is 6.81. The lowest BCUT2D eigenvalue weighted by Crippen LogP contribution is -2.04. The zero-order valence-corrected chi connectivity index (χ0v) is 10.2. The monoisotopic (exact) mass is 268 g/mol. The first kappa shape index (κ1) is 12.4. The number of benzene rings is 1. The Kier molecular flexibility index (Phi) is 3.24. The molecule has 1 heterocycles. The average Bonchev–Trinajstić information content (AvgIpc) is 2.31. The van der Waals surface area contributed by atoms with Crippen LogP contribution in [0, 0.1) is 5.82 Å². The number of nitrogens with zero attached hydrogens (tertiary/aromatic N) is 2. The molecule has 0 unspecified atom stereocenters. The Morgan fingerprint density at radius 2 is 1.83 bits per heavy atom. The number of rotatable bonds is 3. The van der Waals surface area contributed by atoms with Gasteiger partial charge < -0.3 is 4.74 Å². The van der Waals surface area contributed by atoms with Crippen molar-refractivity contribution in [2.45, 2.75) is 5.16 Å². The number of halogens is 1. The van der Waals surface area contributed by atoms with E-state index in [1.807, 2.05) is 0 Å². The molecule has 5 nitrogen and oxygen atoms in total. The molecule has 1 aromatic heterocycles. The third-order valence-electron chi connectivity index (χ3n) is 1.98. The van der Waals surface area contributed by atoms with Crippen molar-refractivity contribution in [3.63, 3.8) is 0 Å². The molecule has 0 N–H and O–H groups in total. The Morgan fingerprint density at radius 1 is 1.17 bits per heavy atom. The molecule has 18 heavy (non-hydrogen) atoms. The molecule has 0 aliphatic carbocycles. The van der Waals surface area contributed by atoms with E-state index in [0.29, 0.717) is 5.75 Å². The van der Waals surface area contributed by atoms with E-state index in [-0.39, 0.29) is 16.9 Å². The summed E-state index contributed by atoms with van der Waals surface area (Å²) < 4.78 is 40.5. The standard InChI is InChI=1S/C11H9FN2O3S/c1-18(15,16)11-13-7-6-10(14-11)17-9-4-2-8(12)3-5-9/h2-7H,1H3. The van der Waals surface area contributed by atoms with E-state index in [1.54, 1.807) is 0 Å². The second-order valence-corrected chi connectivity index (χ2v) is 5.42. The smallest absolute Gasteiger partial charge is 0.250 e. The molecule has 2 rings (SSSR count). The molecule has 0 radical (unpaired) electrons. The van der Waals surface area contributed by atoms with Crippen LogP contribution in [0.2, 0.25) is 0 Å². The Hall–Kier alpha value is -2.02. The minimum atomic E-state index is -3.49. The summed E-state index contributed by atoms with van der Waals surface area (Å²) in [4.78, 5) is 7.37. The highest BCUT2D eigenvalue weighted by atomic mass is 32.2. The van der Waals surface area contributed by atoms with Gasteiger partial charge in [0.25, 0.3) is 0 Å². The Bertz CT molecular complexity index is 656. The SMILES string of the molecule is CS(=O)(=O)c1nccc(Oc2ccc(F)cc2)n1. The number of hydrogen-bond donors (Lipinski definition) is 0. The number of aromatic nitrogens is 2. The van der Waals surface area contributed by atoms with Crippen LogP contribution in [0.3, 0.4) is 0 Å². The lowest BCUT2D eigenvalue weighted by Gasteiger charge is -2.04. The summed E-state index contributed by atoms with van der Waals surface area (Å²) in [6.07, 6.45) is 2.28. The van der Waals surface area contributed by atoms with Crippen LogP contribution in [-0.4, -0.2) is 24.6 Å². The van der Waals surface area contributed by atoms with Crippen LogP contribution < -0.4 is 4.74 Å². The molecule has 0 atom stereocenters. The predicted octanol–water partition coefficient (Wildman–Crippen LogP) is 1.81. The van der Waals surface area contributed by atoms with Crippen LogP contribution in [0.5, 0.6) is 11.6 Å². The van der Waals surface area contributed by atoms with Gasteiger partial charge in [-0.2, -0.15) is 4.98 Å². The Morgan fingerprint density at radius 3 is 2.44 bits per heavy atom. The van der Waals surface area contributed by atoms with Crippen LogP contribution in [0.15, 0.2) is 41.7 Å². The van der Waals surface area contributed by atoms with Gasteiger partial charge in [0, 0.05) is 18.5 Å². The third-order valence-corrected chi connectivity index (χ3v) is 2.84. The predicted molar refractivity (Wildman–Crippen MR) is 61.6 cm³/mol. The van der Waals surface area contributed by atoms with E-state index in [1.165, 1.54) is 36.5 Å².